The monoisotopic (exact) mass is 445 g/mol. The average molecular weight is 445 g/mol. The summed E-state index contributed by atoms with van der Waals surface area (Å²) >= 11 is 0. The van der Waals surface area contributed by atoms with Gasteiger partial charge in [-0.1, -0.05) is 0 Å². The van der Waals surface area contributed by atoms with Gasteiger partial charge >= 0.3 is 0 Å². The van der Waals surface area contributed by atoms with Crippen molar-refractivity contribution >= 4 is 28.2 Å². The smallest absolute Gasteiger partial charge is 0.258 e. The second-order valence-corrected chi connectivity index (χ2v) is 8.09. The van der Waals surface area contributed by atoms with Crippen molar-refractivity contribution in [3.05, 3.63) is 77.2 Å². The summed E-state index contributed by atoms with van der Waals surface area (Å²) < 4.78 is 21.4. The van der Waals surface area contributed by atoms with E-state index in [2.05, 4.69) is 25.4 Å². The highest BCUT2D eigenvalue weighted by Gasteiger charge is 2.38. The van der Waals surface area contributed by atoms with E-state index < -0.39 is 11.9 Å². The molecule has 1 aromatic carbocycles. The van der Waals surface area contributed by atoms with Crippen LogP contribution in [0.3, 0.4) is 0 Å². The minimum Gasteiger partial charge on any atom is -0.438 e. The maximum Gasteiger partial charge on any atom is 0.258 e. The van der Waals surface area contributed by atoms with Gasteiger partial charge in [-0.25, -0.2) is 18.9 Å². The molecule has 1 amide bonds. The number of nitrogens with one attached hydrogen (secondary N) is 2. The van der Waals surface area contributed by atoms with E-state index in [4.69, 9.17) is 4.42 Å². The number of benzene rings is 1. The molecule has 33 heavy (non-hydrogen) atoms. The van der Waals surface area contributed by atoms with E-state index in [-0.39, 0.29) is 5.91 Å². The summed E-state index contributed by atoms with van der Waals surface area (Å²) in [6.07, 6.45) is 5.66. The predicted octanol–water partition coefficient (Wildman–Crippen LogP) is 3.48. The average Bonchev–Trinajstić information content (AvgIpc) is 3.54. The van der Waals surface area contributed by atoms with E-state index in [1.807, 2.05) is 26.2 Å². The van der Waals surface area contributed by atoms with E-state index in [1.54, 1.807) is 21.9 Å². The number of aromatic amines is 1. The van der Waals surface area contributed by atoms with Crippen molar-refractivity contribution in [2.75, 3.05) is 18.9 Å². The Morgan fingerprint density at radius 3 is 3.06 bits per heavy atom. The van der Waals surface area contributed by atoms with Gasteiger partial charge in [-0.15, -0.1) is 0 Å². The highest BCUT2D eigenvalue weighted by molar-refractivity contribution is 6.01. The Morgan fingerprint density at radius 2 is 2.21 bits per heavy atom. The van der Waals surface area contributed by atoms with Gasteiger partial charge in [0.2, 0.25) is 5.89 Å². The number of nitrogens with zero attached hydrogens (tertiary/aromatic N) is 5. The summed E-state index contributed by atoms with van der Waals surface area (Å²) in [5, 5.41) is 7.51. The molecule has 0 aliphatic carbocycles. The van der Waals surface area contributed by atoms with Gasteiger partial charge in [-0.2, -0.15) is 5.10 Å². The molecular weight excluding hydrogens is 425 g/mol. The number of hydrogen-bond donors (Lipinski definition) is 2. The Balaban J connectivity index is 1.47. The SMILES string of the molecule is CNc1cn2ncc(C(=O)N3CCc4[nH]cnc4[C@H]3c3nc4cc(F)ccc4o3)c2cc1C. The van der Waals surface area contributed by atoms with E-state index in [9.17, 15) is 9.18 Å². The van der Waals surface area contributed by atoms with E-state index in [0.29, 0.717) is 46.7 Å². The first-order valence-electron chi connectivity index (χ1n) is 10.6. The molecular formula is C23H20FN7O2. The summed E-state index contributed by atoms with van der Waals surface area (Å²) in [7, 11) is 1.84. The van der Waals surface area contributed by atoms with Crippen molar-refractivity contribution in [3.63, 3.8) is 0 Å². The summed E-state index contributed by atoms with van der Waals surface area (Å²) in [6, 6.07) is 5.47. The van der Waals surface area contributed by atoms with Crippen molar-refractivity contribution in [2.24, 2.45) is 0 Å². The molecule has 1 aliphatic rings. The topological polar surface area (TPSA) is 104 Å². The van der Waals surface area contributed by atoms with Crippen LogP contribution in [0, 0.1) is 12.7 Å². The van der Waals surface area contributed by atoms with Gasteiger partial charge < -0.3 is 19.6 Å². The molecule has 5 aromatic rings. The number of anilines is 1. The Bertz CT molecular complexity index is 1530. The van der Waals surface area contributed by atoms with Crippen LogP contribution >= 0.6 is 0 Å². The van der Waals surface area contributed by atoms with E-state index >= 15 is 0 Å². The van der Waals surface area contributed by atoms with Gasteiger partial charge in [-0.05, 0) is 30.7 Å². The fourth-order valence-corrected chi connectivity index (χ4v) is 4.49. The number of H-pyrrole nitrogens is 1. The number of carbonyl (C=O) groups excluding carboxylic acids is 1. The summed E-state index contributed by atoms with van der Waals surface area (Å²) in [5.41, 5.74) is 5.57. The van der Waals surface area contributed by atoms with Crippen LogP contribution in [-0.2, 0) is 6.42 Å². The van der Waals surface area contributed by atoms with Gasteiger partial charge in [0.15, 0.2) is 11.6 Å². The first-order chi connectivity index (χ1) is 16.0. The fraction of sp³-hybridized carbons (Fsp3) is 0.217. The molecule has 0 saturated carbocycles. The second kappa shape index (κ2) is 7.16. The summed E-state index contributed by atoms with van der Waals surface area (Å²) in [5.74, 6) is -0.308. The molecule has 6 rings (SSSR count). The first kappa shape index (κ1) is 19.5. The highest BCUT2D eigenvalue weighted by atomic mass is 19.1. The number of aryl methyl sites for hydroxylation is 1. The lowest BCUT2D eigenvalue weighted by molar-refractivity contribution is 0.0669. The third-order valence-corrected chi connectivity index (χ3v) is 6.15. The van der Waals surface area contributed by atoms with Gasteiger partial charge in [-0.3, -0.25) is 4.79 Å². The summed E-state index contributed by atoms with van der Waals surface area (Å²) in [4.78, 5) is 27.6. The second-order valence-electron chi connectivity index (χ2n) is 8.09. The molecule has 0 saturated heterocycles. The lowest BCUT2D eigenvalue weighted by Crippen LogP contribution is -2.41. The molecule has 0 fully saturated rings. The number of carbonyl (C=O) groups is 1. The minimum absolute atomic E-state index is 0.200. The van der Waals surface area contributed by atoms with E-state index in [0.717, 1.165) is 16.9 Å². The zero-order valence-electron chi connectivity index (χ0n) is 18.0. The van der Waals surface area contributed by atoms with Crippen molar-refractivity contribution in [2.45, 2.75) is 19.4 Å². The van der Waals surface area contributed by atoms with Crippen LogP contribution in [0.5, 0.6) is 0 Å². The minimum atomic E-state index is -0.643. The number of fused-ring (bicyclic) bond motifs is 3. The number of oxazole rings is 1. The number of amides is 1. The normalized spacial score (nSPS) is 15.8. The molecule has 166 valence electrons. The molecule has 0 spiro atoms. The van der Waals surface area contributed by atoms with E-state index in [1.165, 1.54) is 18.2 Å². The highest BCUT2D eigenvalue weighted by Crippen LogP contribution is 2.36. The van der Waals surface area contributed by atoms with Crippen LogP contribution in [0.1, 0.15) is 39.2 Å². The van der Waals surface area contributed by atoms with Gasteiger partial charge in [0.25, 0.3) is 5.91 Å². The molecule has 0 bridgehead atoms. The van der Waals surface area contributed by atoms with Crippen LogP contribution in [0.2, 0.25) is 0 Å². The number of halogens is 1. The van der Waals surface area contributed by atoms with Crippen molar-refractivity contribution in [3.8, 4) is 0 Å². The van der Waals surface area contributed by atoms with Crippen LogP contribution < -0.4 is 5.32 Å². The molecule has 2 N–H and O–H groups in total. The van der Waals surface area contributed by atoms with Crippen LogP contribution in [0.25, 0.3) is 16.6 Å². The lowest BCUT2D eigenvalue weighted by Gasteiger charge is -2.32. The first-order valence-corrected chi connectivity index (χ1v) is 10.6. The van der Waals surface area contributed by atoms with Gasteiger partial charge in [0.1, 0.15) is 11.3 Å². The largest absolute Gasteiger partial charge is 0.438 e. The Labute approximate surface area is 187 Å². The molecule has 9 nitrogen and oxygen atoms in total. The fourth-order valence-electron chi connectivity index (χ4n) is 4.49. The number of aromatic nitrogens is 5. The third-order valence-electron chi connectivity index (χ3n) is 6.15. The molecule has 4 aromatic heterocycles. The van der Waals surface area contributed by atoms with Crippen molar-refractivity contribution in [1.82, 2.24) is 29.5 Å². The van der Waals surface area contributed by atoms with Crippen molar-refractivity contribution < 1.29 is 13.6 Å². The molecule has 0 radical (unpaired) electrons. The predicted molar refractivity (Wildman–Crippen MR) is 119 cm³/mol. The van der Waals surface area contributed by atoms with Crippen LogP contribution in [-0.4, -0.2) is 49.0 Å². The number of imidazole rings is 1. The molecule has 1 atom stereocenters. The maximum absolute atomic E-state index is 13.8. The Kier molecular flexibility index (Phi) is 4.22. The van der Waals surface area contributed by atoms with Crippen LogP contribution in [0.15, 0.2) is 47.4 Å². The third kappa shape index (κ3) is 2.98. The molecule has 0 unspecified atom stereocenters. The molecule has 1 aliphatic heterocycles. The molecule has 5 heterocycles. The number of pyridine rings is 1. The van der Waals surface area contributed by atoms with Gasteiger partial charge in [0, 0.05) is 31.8 Å². The Hall–Kier alpha value is -4.21. The quantitative estimate of drug-likeness (QED) is 0.441. The van der Waals surface area contributed by atoms with Crippen LogP contribution in [0.4, 0.5) is 10.1 Å². The van der Waals surface area contributed by atoms with Crippen molar-refractivity contribution in [1.29, 1.82) is 0 Å². The standard InChI is InChI=1S/C23H20FN7O2/c1-12-7-18-14(9-28-31(18)10-17(12)25-2)23(32)30-6-5-15-20(27-11-26-15)21(30)22-29-16-8-13(24)3-4-19(16)33-22/h3-4,7-11,21,25H,5-6H2,1-2H3,(H,26,27)/t21-/m0/s1. The van der Waals surface area contributed by atoms with Gasteiger partial charge in [0.05, 0.1) is 41.2 Å². The summed E-state index contributed by atoms with van der Waals surface area (Å²) in [6.45, 7) is 2.42. The lowest BCUT2D eigenvalue weighted by atomic mass is 10.0. The zero-order valence-corrected chi connectivity index (χ0v) is 18.0. The maximum atomic E-state index is 13.8. The number of hydrogen-bond acceptors (Lipinski definition) is 6. The number of rotatable bonds is 3. The zero-order chi connectivity index (χ0) is 22.7. The molecule has 10 heteroatoms. The Morgan fingerprint density at radius 1 is 1.33 bits per heavy atom.